The van der Waals surface area contributed by atoms with E-state index in [0.717, 1.165) is 28.0 Å². The number of alkyl carbamates (subject to hydrolysis) is 1. The molecule has 0 atom stereocenters. The topological polar surface area (TPSA) is 50.4 Å². The van der Waals surface area contributed by atoms with Gasteiger partial charge in [-0.25, -0.2) is 4.79 Å². The number of rotatable bonds is 6. The molecule has 0 aliphatic carbocycles. The highest BCUT2D eigenvalue weighted by atomic mass is 79.9. The van der Waals surface area contributed by atoms with E-state index in [-0.39, 0.29) is 6.09 Å². The second-order valence-corrected chi connectivity index (χ2v) is 7.02. The molecule has 21 heavy (non-hydrogen) atoms. The van der Waals surface area contributed by atoms with Crippen molar-refractivity contribution in [2.75, 3.05) is 13.1 Å². The van der Waals surface area contributed by atoms with E-state index in [1.165, 1.54) is 0 Å². The molecular formula is C15H22BrClN2O2. The molecule has 0 bridgehead atoms. The van der Waals surface area contributed by atoms with E-state index < -0.39 is 5.60 Å². The van der Waals surface area contributed by atoms with Crippen LogP contribution in [0.4, 0.5) is 4.79 Å². The third-order valence-electron chi connectivity index (χ3n) is 2.53. The molecule has 118 valence electrons. The van der Waals surface area contributed by atoms with Crippen LogP contribution >= 0.6 is 27.5 Å². The van der Waals surface area contributed by atoms with Crippen molar-refractivity contribution >= 4 is 33.6 Å². The Hall–Kier alpha value is -0.780. The SMILES string of the molecule is CC(C)(C)OC(=O)NCCCNCc1ccc(Br)cc1Cl. The summed E-state index contributed by atoms with van der Waals surface area (Å²) in [6.45, 7) is 7.61. The zero-order chi connectivity index (χ0) is 15.9. The van der Waals surface area contributed by atoms with Crippen LogP contribution in [0.1, 0.15) is 32.8 Å². The highest BCUT2D eigenvalue weighted by molar-refractivity contribution is 9.10. The summed E-state index contributed by atoms with van der Waals surface area (Å²) in [7, 11) is 0. The molecule has 0 spiro atoms. The Kier molecular flexibility index (Phi) is 7.49. The first-order valence-electron chi connectivity index (χ1n) is 6.89. The van der Waals surface area contributed by atoms with Crippen molar-refractivity contribution in [1.82, 2.24) is 10.6 Å². The Balaban J connectivity index is 2.13. The molecule has 0 radical (unpaired) electrons. The fraction of sp³-hybridized carbons (Fsp3) is 0.533. The van der Waals surface area contributed by atoms with E-state index >= 15 is 0 Å². The lowest BCUT2D eigenvalue weighted by Crippen LogP contribution is -2.33. The maximum atomic E-state index is 11.4. The van der Waals surface area contributed by atoms with Crippen molar-refractivity contribution in [1.29, 1.82) is 0 Å². The lowest BCUT2D eigenvalue weighted by molar-refractivity contribution is 0.0527. The van der Waals surface area contributed by atoms with Crippen LogP contribution in [0.15, 0.2) is 22.7 Å². The lowest BCUT2D eigenvalue weighted by atomic mass is 10.2. The maximum Gasteiger partial charge on any atom is 0.407 e. The number of halogens is 2. The van der Waals surface area contributed by atoms with Crippen LogP contribution in [-0.2, 0) is 11.3 Å². The second kappa shape index (κ2) is 8.61. The van der Waals surface area contributed by atoms with Gasteiger partial charge in [0.25, 0.3) is 0 Å². The fourth-order valence-corrected chi connectivity index (χ4v) is 2.35. The van der Waals surface area contributed by atoms with E-state index in [9.17, 15) is 4.79 Å². The first kappa shape index (κ1) is 18.3. The van der Waals surface area contributed by atoms with E-state index in [2.05, 4.69) is 26.6 Å². The lowest BCUT2D eigenvalue weighted by Gasteiger charge is -2.19. The van der Waals surface area contributed by atoms with Gasteiger partial charge in [-0.05, 0) is 51.4 Å². The van der Waals surface area contributed by atoms with Gasteiger partial charge in [0, 0.05) is 22.6 Å². The van der Waals surface area contributed by atoms with Gasteiger partial charge in [-0.15, -0.1) is 0 Å². The quantitative estimate of drug-likeness (QED) is 0.734. The van der Waals surface area contributed by atoms with Crippen molar-refractivity contribution in [2.45, 2.75) is 39.3 Å². The van der Waals surface area contributed by atoms with Gasteiger partial charge in [-0.2, -0.15) is 0 Å². The summed E-state index contributed by atoms with van der Waals surface area (Å²) in [5.74, 6) is 0. The summed E-state index contributed by atoms with van der Waals surface area (Å²) >= 11 is 9.51. The van der Waals surface area contributed by atoms with Crippen molar-refractivity contribution in [3.63, 3.8) is 0 Å². The van der Waals surface area contributed by atoms with Gasteiger partial charge in [-0.3, -0.25) is 0 Å². The van der Waals surface area contributed by atoms with E-state index in [1.807, 2.05) is 39.0 Å². The predicted octanol–water partition coefficient (Wildman–Crippen LogP) is 4.11. The third-order valence-corrected chi connectivity index (χ3v) is 3.37. The average molecular weight is 378 g/mol. The molecule has 0 unspecified atom stereocenters. The zero-order valence-corrected chi connectivity index (χ0v) is 15.0. The van der Waals surface area contributed by atoms with Crippen LogP contribution in [0.2, 0.25) is 5.02 Å². The van der Waals surface area contributed by atoms with Crippen molar-refractivity contribution in [3.8, 4) is 0 Å². The largest absolute Gasteiger partial charge is 0.444 e. The summed E-state index contributed by atoms with van der Waals surface area (Å²) in [4.78, 5) is 11.4. The Bertz CT molecular complexity index is 475. The minimum atomic E-state index is -0.458. The molecule has 0 aliphatic rings. The molecule has 1 rings (SSSR count). The average Bonchev–Trinajstić information content (AvgIpc) is 2.33. The summed E-state index contributed by atoms with van der Waals surface area (Å²) in [5.41, 5.74) is 0.598. The smallest absolute Gasteiger partial charge is 0.407 e. The van der Waals surface area contributed by atoms with E-state index in [1.54, 1.807) is 0 Å². The van der Waals surface area contributed by atoms with Crippen LogP contribution in [0.3, 0.4) is 0 Å². The molecule has 1 aromatic carbocycles. The second-order valence-electron chi connectivity index (χ2n) is 5.69. The minimum absolute atomic E-state index is 0.376. The van der Waals surface area contributed by atoms with Crippen molar-refractivity contribution in [3.05, 3.63) is 33.3 Å². The van der Waals surface area contributed by atoms with E-state index in [0.29, 0.717) is 13.1 Å². The molecule has 1 aromatic rings. The number of amides is 1. The minimum Gasteiger partial charge on any atom is -0.444 e. The van der Waals surface area contributed by atoms with Gasteiger partial charge < -0.3 is 15.4 Å². The van der Waals surface area contributed by atoms with Gasteiger partial charge in [0.2, 0.25) is 0 Å². The van der Waals surface area contributed by atoms with Gasteiger partial charge in [0.15, 0.2) is 0 Å². The summed E-state index contributed by atoms with van der Waals surface area (Å²) in [6, 6.07) is 5.83. The van der Waals surface area contributed by atoms with Crippen molar-refractivity contribution in [2.24, 2.45) is 0 Å². The van der Waals surface area contributed by atoms with Crippen LogP contribution in [0, 0.1) is 0 Å². The molecule has 0 aromatic heterocycles. The Labute approximate surface area is 139 Å². The Morgan fingerprint density at radius 1 is 1.33 bits per heavy atom. The summed E-state index contributed by atoms with van der Waals surface area (Å²) in [6.07, 6.45) is 0.450. The molecule has 0 fully saturated rings. The molecule has 4 nitrogen and oxygen atoms in total. The van der Waals surface area contributed by atoms with E-state index in [4.69, 9.17) is 16.3 Å². The Morgan fingerprint density at radius 3 is 2.67 bits per heavy atom. The molecular weight excluding hydrogens is 356 g/mol. The normalized spacial score (nSPS) is 11.3. The highest BCUT2D eigenvalue weighted by Crippen LogP contribution is 2.21. The molecule has 6 heteroatoms. The van der Waals surface area contributed by atoms with Gasteiger partial charge in [0.1, 0.15) is 5.60 Å². The van der Waals surface area contributed by atoms with Gasteiger partial charge >= 0.3 is 6.09 Å². The fourth-order valence-electron chi connectivity index (χ4n) is 1.61. The highest BCUT2D eigenvalue weighted by Gasteiger charge is 2.15. The molecule has 0 saturated carbocycles. The van der Waals surface area contributed by atoms with Crippen LogP contribution < -0.4 is 10.6 Å². The number of nitrogens with one attached hydrogen (secondary N) is 2. The molecule has 0 heterocycles. The molecule has 0 saturated heterocycles. The zero-order valence-electron chi connectivity index (χ0n) is 12.6. The van der Waals surface area contributed by atoms with Crippen LogP contribution in [0.5, 0.6) is 0 Å². The summed E-state index contributed by atoms with van der Waals surface area (Å²) in [5, 5.41) is 6.75. The van der Waals surface area contributed by atoms with Crippen molar-refractivity contribution < 1.29 is 9.53 Å². The van der Waals surface area contributed by atoms with Crippen LogP contribution in [-0.4, -0.2) is 24.8 Å². The first-order chi connectivity index (χ1) is 9.78. The molecule has 0 aliphatic heterocycles. The Morgan fingerprint density at radius 2 is 2.05 bits per heavy atom. The predicted molar refractivity (Wildman–Crippen MR) is 89.7 cm³/mol. The summed E-state index contributed by atoms with van der Waals surface area (Å²) < 4.78 is 6.12. The number of hydrogen-bond donors (Lipinski definition) is 2. The number of carbonyl (C=O) groups excluding carboxylic acids is 1. The molecule has 2 N–H and O–H groups in total. The third kappa shape index (κ3) is 8.29. The molecule has 1 amide bonds. The first-order valence-corrected chi connectivity index (χ1v) is 8.06. The monoisotopic (exact) mass is 376 g/mol. The van der Waals surface area contributed by atoms with Gasteiger partial charge in [-0.1, -0.05) is 33.6 Å². The van der Waals surface area contributed by atoms with Gasteiger partial charge in [0.05, 0.1) is 0 Å². The van der Waals surface area contributed by atoms with Crippen LogP contribution in [0.25, 0.3) is 0 Å². The standard InChI is InChI=1S/C15H22BrClN2O2/c1-15(2,3)21-14(20)19-8-4-7-18-10-11-5-6-12(16)9-13(11)17/h5-6,9,18H,4,7-8,10H2,1-3H3,(H,19,20). The number of carbonyl (C=O) groups is 1. The number of hydrogen-bond acceptors (Lipinski definition) is 3. The number of ether oxygens (including phenoxy) is 1. The maximum absolute atomic E-state index is 11.4. The number of benzene rings is 1.